The molecule has 0 N–H and O–H groups in total. The summed E-state index contributed by atoms with van der Waals surface area (Å²) in [4.78, 5) is 10.3. The molecule has 3 nitrogen and oxygen atoms in total. The second-order valence-electron chi connectivity index (χ2n) is 21.4. The molecule has 3 aromatic heterocycles. The van der Waals surface area contributed by atoms with E-state index in [2.05, 4.69) is 242 Å². The van der Waals surface area contributed by atoms with E-state index in [0.29, 0.717) is 0 Å². The minimum atomic E-state index is -2.15. The van der Waals surface area contributed by atoms with Gasteiger partial charge in [0.15, 0.2) is 0 Å². The van der Waals surface area contributed by atoms with Gasteiger partial charge in [-0.3, -0.25) is 4.98 Å². The second kappa shape index (κ2) is 21.8. The van der Waals surface area contributed by atoms with Gasteiger partial charge >= 0.3 is 137 Å². The van der Waals surface area contributed by atoms with E-state index in [1.807, 2.05) is 30.5 Å². The summed E-state index contributed by atoms with van der Waals surface area (Å²) in [6.45, 7) is 8.34. The van der Waals surface area contributed by atoms with Gasteiger partial charge in [0.25, 0.3) is 0 Å². The molecule has 1 atom stereocenters. The van der Waals surface area contributed by atoms with Crippen molar-refractivity contribution in [2.75, 3.05) is 0 Å². The number of aryl methyl sites for hydroxylation is 1. The smallest absolute Gasteiger partial charge is 0 e. The van der Waals surface area contributed by atoms with E-state index in [4.69, 9.17) is 6.35 Å². The summed E-state index contributed by atoms with van der Waals surface area (Å²) in [5.74, 6) is 7.06. The molecule has 13 aromatic rings. The van der Waals surface area contributed by atoms with Crippen LogP contribution >= 0.6 is 11.3 Å². The Balaban J connectivity index is 0.000000233. The first-order valence-corrected chi connectivity index (χ1v) is 34.6. The first kappa shape index (κ1) is 51.4. The normalized spacial score (nSPS) is 12.7. The van der Waals surface area contributed by atoms with Crippen LogP contribution in [0.25, 0.3) is 114 Å². The fourth-order valence-electron chi connectivity index (χ4n) is 10.9. The Labute approximate surface area is 478 Å². The Bertz CT molecular complexity index is 4380. The predicted molar refractivity (Wildman–Crippen MR) is 329 cm³/mol. The molecule has 385 valence electrons. The topological polar surface area (TPSA) is 30.7 Å². The average Bonchev–Trinajstić information content (AvgIpc) is 3.91. The van der Waals surface area contributed by atoms with Crippen LogP contribution in [0.5, 0.6) is 0 Å². The van der Waals surface area contributed by atoms with Gasteiger partial charge in [-0.1, -0.05) is 182 Å². The van der Waals surface area contributed by atoms with Crippen molar-refractivity contribution < 1.29 is 25.9 Å². The Morgan fingerprint density at radius 3 is 1.82 bits per heavy atom. The van der Waals surface area contributed by atoms with Crippen molar-refractivity contribution in [3.05, 3.63) is 242 Å². The van der Waals surface area contributed by atoms with Gasteiger partial charge < -0.3 is 4.57 Å². The number of halogens is 1. The van der Waals surface area contributed by atoms with Crippen LogP contribution in [0, 0.1) is 30.8 Å². The molecule has 0 amide bonds. The fourth-order valence-corrected chi connectivity index (χ4v) is 15.4. The molecule has 0 saturated heterocycles. The van der Waals surface area contributed by atoms with Crippen LogP contribution in [0.3, 0.4) is 0 Å². The molecule has 0 fully saturated rings. The van der Waals surface area contributed by atoms with E-state index in [1.165, 1.54) is 75.1 Å². The van der Waals surface area contributed by atoms with Crippen molar-refractivity contribution in [3.63, 3.8) is 0 Å². The van der Waals surface area contributed by atoms with E-state index >= 15 is 0 Å². The molecule has 0 bridgehead atoms. The summed E-state index contributed by atoms with van der Waals surface area (Å²) in [7, 11) is 0. The Morgan fingerprint density at radius 2 is 1.19 bits per heavy atom. The summed E-state index contributed by atoms with van der Waals surface area (Å²) >= 11 is -0.310. The maximum Gasteiger partial charge on any atom is 0 e. The summed E-state index contributed by atoms with van der Waals surface area (Å²) in [5, 5.41) is 7.27. The van der Waals surface area contributed by atoms with Gasteiger partial charge in [-0.15, -0.1) is 17.7 Å². The minimum Gasteiger partial charge on any atom is 0 e. The largest absolute Gasteiger partial charge is 0 e. The number of hydrogen-bond acceptors (Lipinski definition) is 3. The van der Waals surface area contributed by atoms with Gasteiger partial charge in [0.1, 0.15) is 0 Å². The number of aromatic nitrogens is 3. The van der Waals surface area contributed by atoms with E-state index in [0.717, 1.165) is 67.0 Å². The van der Waals surface area contributed by atoms with Crippen molar-refractivity contribution in [2.45, 2.75) is 50.9 Å². The molecule has 78 heavy (non-hydrogen) atoms. The van der Waals surface area contributed by atoms with E-state index in [-0.39, 0.29) is 31.8 Å². The second-order valence-corrected chi connectivity index (χ2v) is 33.0. The third-order valence-electron chi connectivity index (χ3n) is 15.1. The molecule has 0 saturated carbocycles. The zero-order chi connectivity index (χ0) is 53.9. The summed E-state index contributed by atoms with van der Waals surface area (Å²) in [6.07, 6.45) is 1.94. The molecule has 0 aliphatic rings. The van der Waals surface area contributed by atoms with Crippen molar-refractivity contribution in [1.82, 2.24) is 14.5 Å². The molecule has 13 rings (SSSR count). The third kappa shape index (κ3) is 9.85. The fraction of sp³-hybridized carbons (Fsp3) is 0.127. The number of benzene rings is 10. The molecular weight excluding hydrogens is 1210 g/mol. The zero-order valence-corrected chi connectivity index (χ0v) is 50.1. The van der Waals surface area contributed by atoms with E-state index < -0.39 is 19.2 Å². The number of imidazole rings is 1. The number of thiophene rings is 1. The molecule has 10 aromatic carbocycles. The van der Waals surface area contributed by atoms with Crippen molar-refractivity contribution in [1.29, 1.82) is 0 Å². The molecule has 0 aliphatic heterocycles. The first-order valence-electron chi connectivity index (χ1n) is 26.9. The average molecular weight is 1270 g/mol. The van der Waals surface area contributed by atoms with Crippen molar-refractivity contribution >= 4 is 81.7 Å². The van der Waals surface area contributed by atoms with E-state index in [9.17, 15) is 4.39 Å². The third-order valence-corrected chi connectivity index (χ3v) is 20.5. The zero-order valence-electron chi connectivity index (χ0n) is 45.7. The molecule has 3 heterocycles. The van der Waals surface area contributed by atoms with Gasteiger partial charge in [0, 0.05) is 46.8 Å². The number of fused-ring (bicyclic) bond motifs is 9. The Morgan fingerprint density at radius 1 is 0.603 bits per heavy atom. The van der Waals surface area contributed by atoms with Gasteiger partial charge in [0.2, 0.25) is 0 Å². The maximum absolute atomic E-state index is 13.1. The predicted octanol–water partition coefficient (Wildman–Crippen LogP) is 19.5. The van der Waals surface area contributed by atoms with Crippen LogP contribution < -0.4 is 4.40 Å². The van der Waals surface area contributed by atoms with Crippen LogP contribution in [0.4, 0.5) is 4.39 Å². The van der Waals surface area contributed by atoms with Gasteiger partial charge in [0.05, 0.1) is 16.9 Å². The van der Waals surface area contributed by atoms with Gasteiger partial charge in [-0.25, -0.2) is 0 Å². The van der Waals surface area contributed by atoms with Crippen LogP contribution in [0.2, 0.25) is 17.3 Å². The van der Waals surface area contributed by atoms with Crippen LogP contribution in [-0.4, -0.2) is 27.8 Å². The van der Waals surface area contributed by atoms with Crippen molar-refractivity contribution in [3.8, 4) is 61.7 Å². The summed E-state index contributed by atoms with van der Waals surface area (Å²) in [5.41, 5.74) is 15.0. The molecule has 0 aliphatic carbocycles. The Hall–Kier alpha value is -7.32. The molecule has 0 spiro atoms. The number of rotatable bonds is 9. The molecule has 1 radical (unpaired) electrons. The number of hydrogen-bond donors (Lipinski definition) is 0. The molecule has 7 heteroatoms. The van der Waals surface area contributed by atoms with E-state index in [1.54, 1.807) is 6.07 Å². The monoisotopic (exact) mass is 1270 g/mol. The SMILES string of the molecule is Cc1c[c-]c(-c2nc3c4ccccc4c4ccccc4c3n2-c2cc(-c3ccccc3)ccc2-c2ccccc2)c2sc3cc(-c4ccccc4)ccc3c12.[2H]C(C)(c1cc(-c2[c-]cc(F)cc2)nc[c]1[Ge]([CH3])([CH3])[CH3])C(C)C.[Ir]. The standard InChI is InChI=1S/C52H33N2S.C19H25FGeN.Ir/c1-33-25-28-45(51-48(33)44-30-27-38(32-47(44)55-51)35-17-7-3-8-18-35)52-53-49-42-23-13-11-21-40(42)41-22-12-14-24-43(41)50(49)54(52)46-31-37(34-15-5-2-6-16-34)26-29-39(46)36-19-9-4-10-20-36;1-13(2)14(3)17-11-19(15-7-9-16(20)10-8-15)22-12-18(17)21(4,5)6;/h2-27,29-32H,1H3;7,9-14H,1-6H3;/q2*-1;/i;14D;. The van der Waals surface area contributed by atoms with Crippen LogP contribution in [0.1, 0.15) is 39.2 Å². The Kier molecular flexibility index (Phi) is 14.4. The number of pyridine rings is 1. The summed E-state index contributed by atoms with van der Waals surface area (Å²) in [6, 6.07) is 78.8. The maximum atomic E-state index is 13.1. The molecular formula is C71H58FGeIrN3S-2. The first-order chi connectivity index (χ1) is 37.7. The minimum absolute atomic E-state index is 0. The van der Waals surface area contributed by atoms with Crippen molar-refractivity contribution in [2.24, 2.45) is 5.92 Å². The van der Waals surface area contributed by atoms with Gasteiger partial charge in [-0.2, -0.15) is 11.3 Å². The quantitative estimate of drug-likeness (QED) is 0.0819. The van der Waals surface area contributed by atoms with Gasteiger partial charge in [-0.05, 0) is 60.8 Å². The molecule has 1 unspecified atom stereocenters. The number of nitrogens with zero attached hydrogens (tertiary/aromatic N) is 3. The summed E-state index contributed by atoms with van der Waals surface area (Å²) < 4.78 is 28.2. The van der Waals surface area contributed by atoms with Crippen LogP contribution in [0.15, 0.2) is 212 Å². The van der Waals surface area contributed by atoms with Crippen LogP contribution in [-0.2, 0) is 20.1 Å².